The molecule has 1 aliphatic carbocycles. The smallest absolute Gasteiger partial charge is 0.225 e. The molecule has 5 nitrogen and oxygen atoms in total. The maximum absolute atomic E-state index is 12.3. The van der Waals surface area contributed by atoms with Crippen LogP contribution in [0.3, 0.4) is 0 Å². The van der Waals surface area contributed by atoms with Crippen LogP contribution in [0.1, 0.15) is 25.7 Å². The van der Waals surface area contributed by atoms with Crippen molar-refractivity contribution in [2.75, 3.05) is 33.4 Å². The third kappa shape index (κ3) is 2.61. The van der Waals surface area contributed by atoms with Crippen LogP contribution in [0.4, 0.5) is 0 Å². The summed E-state index contributed by atoms with van der Waals surface area (Å²) < 4.78 is 10.8. The lowest BCUT2D eigenvalue weighted by Crippen LogP contribution is -2.54. The highest BCUT2D eigenvalue weighted by Crippen LogP contribution is 2.38. The molecule has 0 bridgehead atoms. The highest BCUT2D eigenvalue weighted by Gasteiger charge is 2.41. The summed E-state index contributed by atoms with van der Waals surface area (Å²) in [7, 11) is 1.70. The Morgan fingerprint density at radius 3 is 2.88 bits per heavy atom. The van der Waals surface area contributed by atoms with Gasteiger partial charge in [-0.3, -0.25) is 4.79 Å². The first-order valence-corrected chi connectivity index (χ1v) is 6.33. The van der Waals surface area contributed by atoms with Gasteiger partial charge in [-0.15, -0.1) is 0 Å². The predicted molar refractivity (Wildman–Crippen MR) is 63.6 cm³/mol. The summed E-state index contributed by atoms with van der Waals surface area (Å²) in [5, 5.41) is 0. The Kier molecular flexibility index (Phi) is 4.01. The fourth-order valence-corrected chi connectivity index (χ4v) is 2.58. The average molecular weight is 242 g/mol. The quantitative estimate of drug-likeness (QED) is 0.761. The number of ether oxygens (including phenoxy) is 2. The van der Waals surface area contributed by atoms with Gasteiger partial charge in [-0.25, -0.2) is 0 Å². The summed E-state index contributed by atoms with van der Waals surface area (Å²) in [5.74, 6) is 0.158. The number of rotatable bonds is 4. The van der Waals surface area contributed by atoms with Crippen LogP contribution < -0.4 is 5.73 Å². The maximum atomic E-state index is 12.3. The van der Waals surface area contributed by atoms with Crippen molar-refractivity contribution in [1.82, 2.24) is 4.90 Å². The van der Waals surface area contributed by atoms with E-state index in [1.54, 1.807) is 7.11 Å². The molecule has 1 heterocycles. The minimum Gasteiger partial charge on any atom is -0.378 e. The molecule has 2 fully saturated rings. The van der Waals surface area contributed by atoms with Crippen molar-refractivity contribution in [3.8, 4) is 0 Å². The molecule has 1 atom stereocenters. The van der Waals surface area contributed by atoms with Crippen molar-refractivity contribution < 1.29 is 14.3 Å². The number of carbonyl (C=O) groups is 1. The van der Waals surface area contributed by atoms with Crippen molar-refractivity contribution in [2.24, 2.45) is 5.73 Å². The predicted octanol–water partition coefficient (Wildman–Crippen LogP) is 0.132. The second-order valence-corrected chi connectivity index (χ2v) is 4.97. The summed E-state index contributed by atoms with van der Waals surface area (Å²) in [5.41, 5.74) is 5.47. The second kappa shape index (κ2) is 5.33. The van der Waals surface area contributed by atoms with Crippen molar-refractivity contribution in [1.29, 1.82) is 0 Å². The molecule has 0 aromatic rings. The summed E-state index contributed by atoms with van der Waals surface area (Å²) in [6.45, 7) is 2.29. The normalized spacial score (nSPS) is 27.6. The van der Waals surface area contributed by atoms with E-state index in [0.29, 0.717) is 32.7 Å². The average Bonchev–Trinajstić information content (AvgIpc) is 2.33. The lowest BCUT2D eigenvalue weighted by atomic mass is 9.77. The molecule has 2 N–H and O–H groups in total. The lowest BCUT2D eigenvalue weighted by Gasteiger charge is -2.43. The number of hydrogen-bond acceptors (Lipinski definition) is 4. The summed E-state index contributed by atoms with van der Waals surface area (Å²) in [4.78, 5) is 14.1. The Hall–Kier alpha value is -0.650. The highest BCUT2D eigenvalue weighted by atomic mass is 16.5. The molecule has 2 aliphatic rings. The minimum atomic E-state index is -0.200. The van der Waals surface area contributed by atoms with E-state index in [0.717, 1.165) is 19.3 Å². The Labute approximate surface area is 102 Å². The van der Waals surface area contributed by atoms with Gasteiger partial charge in [0.15, 0.2) is 0 Å². The van der Waals surface area contributed by atoms with Gasteiger partial charge in [-0.05, 0) is 19.3 Å². The van der Waals surface area contributed by atoms with Gasteiger partial charge in [0, 0.05) is 20.2 Å². The van der Waals surface area contributed by atoms with E-state index in [-0.39, 0.29) is 17.6 Å². The molecule has 1 amide bonds. The van der Waals surface area contributed by atoms with E-state index in [1.165, 1.54) is 0 Å². The highest BCUT2D eigenvalue weighted by molar-refractivity contribution is 5.78. The number of methoxy groups -OCH3 is 1. The molecule has 1 aliphatic heterocycles. The molecule has 1 saturated carbocycles. The van der Waals surface area contributed by atoms with Crippen LogP contribution in [0, 0.1) is 0 Å². The fourth-order valence-electron chi connectivity index (χ4n) is 2.58. The second-order valence-electron chi connectivity index (χ2n) is 4.97. The molecule has 2 rings (SSSR count). The SMILES string of the molecule is COC1(CC(=O)N2CCOCC2CN)CCC1. The number of morpholine rings is 1. The first kappa shape index (κ1) is 12.8. The molecule has 1 saturated heterocycles. The van der Waals surface area contributed by atoms with Gasteiger partial charge < -0.3 is 20.1 Å². The van der Waals surface area contributed by atoms with E-state index in [9.17, 15) is 4.79 Å². The standard InChI is InChI=1S/C12H22N2O3/c1-16-12(3-2-4-12)7-11(15)14-5-6-17-9-10(14)8-13/h10H,2-9,13H2,1H3. The molecule has 0 radical (unpaired) electrons. The van der Waals surface area contributed by atoms with Crippen molar-refractivity contribution in [3.63, 3.8) is 0 Å². The van der Waals surface area contributed by atoms with Crippen molar-refractivity contribution >= 4 is 5.91 Å². The molecule has 98 valence electrons. The third-order valence-electron chi connectivity index (χ3n) is 3.99. The summed E-state index contributed by atoms with van der Waals surface area (Å²) in [6.07, 6.45) is 3.63. The van der Waals surface area contributed by atoms with E-state index < -0.39 is 0 Å². The van der Waals surface area contributed by atoms with Crippen molar-refractivity contribution in [2.45, 2.75) is 37.3 Å². The van der Waals surface area contributed by atoms with E-state index in [4.69, 9.17) is 15.2 Å². The molecule has 1 unspecified atom stereocenters. The molecule has 0 spiro atoms. The molecule has 0 aromatic heterocycles. The molecule has 17 heavy (non-hydrogen) atoms. The Balaban J connectivity index is 1.93. The Morgan fingerprint density at radius 2 is 2.35 bits per heavy atom. The Bertz CT molecular complexity index is 273. The van der Waals surface area contributed by atoms with Crippen LogP contribution in [-0.4, -0.2) is 55.9 Å². The van der Waals surface area contributed by atoms with Gasteiger partial charge in [-0.2, -0.15) is 0 Å². The van der Waals surface area contributed by atoms with Gasteiger partial charge in [0.25, 0.3) is 0 Å². The van der Waals surface area contributed by atoms with Gasteiger partial charge >= 0.3 is 0 Å². The van der Waals surface area contributed by atoms with Gasteiger partial charge in [0.2, 0.25) is 5.91 Å². The first-order chi connectivity index (χ1) is 8.21. The largest absolute Gasteiger partial charge is 0.378 e. The minimum absolute atomic E-state index is 0.0326. The molecular formula is C12H22N2O3. The van der Waals surface area contributed by atoms with Crippen LogP contribution in [0.5, 0.6) is 0 Å². The zero-order valence-electron chi connectivity index (χ0n) is 10.5. The summed E-state index contributed by atoms with van der Waals surface area (Å²) in [6, 6.07) is 0.0326. The van der Waals surface area contributed by atoms with Crippen LogP contribution in [0.25, 0.3) is 0 Å². The fraction of sp³-hybridized carbons (Fsp3) is 0.917. The van der Waals surface area contributed by atoms with Gasteiger partial charge in [-0.1, -0.05) is 0 Å². The van der Waals surface area contributed by atoms with E-state index in [2.05, 4.69) is 0 Å². The number of hydrogen-bond donors (Lipinski definition) is 1. The zero-order chi connectivity index (χ0) is 12.3. The number of nitrogens with zero attached hydrogens (tertiary/aromatic N) is 1. The van der Waals surface area contributed by atoms with Crippen LogP contribution >= 0.6 is 0 Å². The molecule has 0 aromatic carbocycles. The van der Waals surface area contributed by atoms with Gasteiger partial charge in [0.05, 0.1) is 31.3 Å². The number of carbonyl (C=O) groups excluding carboxylic acids is 1. The van der Waals surface area contributed by atoms with Crippen molar-refractivity contribution in [3.05, 3.63) is 0 Å². The van der Waals surface area contributed by atoms with Gasteiger partial charge in [0.1, 0.15) is 0 Å². The third-order valence-corrected chi connectivity index (χ3v) is 3.99. The van der Waals surface area contributed by atoms with Crippen LogP contribution in [0.15, 0.2) is 0 Å². The lowest BCUT2D eigenvalue weighted by molar-refractivity contribution is -0.151. The Morgan fingerprint density at radius 1 is 1.59 bits per heavy atom. The zero-order valence-corrected chi connectivity index (χ0v) is 10.5. The summed E-state index contributed by atoms with van der Waals surface area (Å²) >= 11 is 0. The van der Waals surface area contributed by atoms with E-state index >= 15 is 0 Å². The first-order valence-electron chi connectivity index (χ1n) is 6.33. The monoisotopic (exact) mass is 242 g/mol. The molecule has 5 heteroatoms. The number of nitrogens with two attached hydrogens (primary N) is 1. The number of amides is 1. The van der Waals surface area contributed by atoms with E-state index in [1.807, 2.05) is 4.90 Å². The van der Waals surface area contributed by atoms with Crippen LogP contribution in [-0.2, 0) is 14.3 Å². The molecular weight excluding hydrogens is 220 g/mol. The maximum Gasteiger partial charge on any atom is 0.225 e. The topological polar surface area (TPSA) is 64.8 Å². The van der Waals surface area contributed by atoms with Crippen LogP contribution in [0.2, 0.25) is 0 Å².